The van der Waals surface area contributed by atoms with Gasteiger partial charge in [0.1, 0.15) is 29.2 Å². The molecule has 3 heterocycles. The average molecular weight is 419 g/mol. The molecule has 1 amide bonds. The van der Waals surface area contributed by atoms with E-state index in [-0.39, 0.29) is 5.56 Å². The van der Waals surface area contributed by atoms with Gasteiger partial charge in [-0.3, -0.25) is 14.2 Å². The minimum atomic E-state index is -0.579. The Morgan fingerprint density at radius 3 is 2.61 bits per heavy atom. The standard InChI is InChI=1S/C21H21N7O3/c1-30-15-5-14(6-16(7-15)31-2)26-18-10-23-4-3-13(18)8-25-19-11-28-12-24-9-17(20(22)29)21(28)27-19/h3-7,9-12,25-26H,8H2,1-2H3,(H2,22,29). The molecule has 4 aromatic rings. The van der Waals surface area contributed by atoms with Crippen molar-refractivity contribution < 1.29 is 14.3 Å². The first-order chi connectivity index (χ1) is 15.1. The van der Waals surface area contributed by atoms with E-state index in [1.807, 2.05) is 18.2 Å². The highest BCUT2D eigenvalue weighted by atomic mass is 16.5. The fourth-order valence-corrected chi connectivity index (χ4v) is 3.09. The van der Waals surface area contributed by atoms with Crippen molar-refractivity contribution in [2.24, 2.45) is 5.73 Å². The molecular formula is C21H21N7O3. The van der Waals surface area contributed by atoms with Crippen molar-refractivity contribution in [3.63, 3.8) is 0 Å². The van der Waals surface area contributed by atoms with E-state index in [0.29, 0.717) is 29.5 Å². The Kier molecular flexibility index (Phi) is 5.52. The van der Waals surface area contributed by atoms with Gasteiger partial charge in [0.15, 0.2) is 5.65 Å². The van der Waals surface area contributed by atoms with Crippen molar-refractivity contribution in [1.82, 2.24) is 19.4 Å². The van der Waals surface area contributed by atoms with Crippen LogP contribution in [-0.4, -0.2) is 39.5 Å². The number of nitrogens with zero attached hydrogens (tertiary/aromatic N) is 4. The summed E-state index contributed by atoms with van der Waals surface area (Å²) in [5, 5.41) is 6.61. The molecule has 0 spiro atoms. The monoisotopic (exact) mass is 419 g/mol. The number of nitrogens with one attached hydrogen (secondary N) is 2. The van der Waals surface area contributed by atoms with Crippen molar-refractivity contribution in [2.75, 3.05) is 24.9 Å². The molecule has 4 rings (SSSR count). The van der Waals surface area contributed by atoms with Gasteiger partial charge in [0.25, 0.3) is 5.91 Å². The summed E-state index contributed by atoms with van der Waals surface area (Å²) < 4.78 is 12.3. The minimum absolute atomic E-state index is 0.258. The number of aromatic nitrogens is 4. The molecule has 0 aliphatic carbocycles. The molecule has 158 valence electrons. The third kappa shape index (κ3) is 4.32. The molecule has 4 N–H and O–H groups in total. The molecule has 3 aromatic heterocycles. The van der Waals surface area contributed by atoms with Crippen molar-refractivity contribution in [1.29, 1.82) is 0 Å². The lowest BCUT2D eigenvalue weighted by atomic mass is 10.2. The highest BCUT2D eigenvalue weighted by Gasteiger charge is 2.12. The van der Waals surface area contributed by atoms with Crippen LogP contribution in [-0.2, 0) is 6.54 Å². The summed E-state index contributed by atoms with van der Waals surface area (Å²) >= 11 is 0. The number of anilines is 3. The van der Waals surface area contributed by atoms with Crippen LogP contribution in [0.4, 0.5) is 17.2 Å². The number of carbonyl (C=O) groups excluding carboxylic acids is 1. The van der Waals surface area contributed by atoms with Gasteiger partial charge in [0.05, 0.1) is 32.3 Å². The van der Waals surface area contributed by atoms with Gasteiger partial charge in [-0.15, -0.1) is 0 Å². The van der Waals surface area contributed by atoms with Gasteiger partial charge in [-0.25, -0.2) is 9.97 Å². The van der Waals surface area contributed by atoms with E-state index in [2.05, 4.69) is 25.6 Å². The zero-order chi connectivity index (χ0) is 21.8. The maximum Gasteiger partial charge on any atom is 0.254 e. The number of pyridine rings is 1. The molecule has 10 heteroatoms. The molecule has 10 nitrogen and oxygen atoms in total. The summed E-state index contributed by atoms with van der Waals surface area (Å²) in [6.07, 6.45) is 8.17. The number of methoxy groups -OCH3 is 2. The number of hydrogen-bond acceptors (Lipinski definition) is 8. The Morgan fingerprint density at radius 2 is 1.90 bits per heavy atom. The van der Waals surface area contributed by atoms with Gasteiger partial charge in [0, 0.05) is 42.8 Å². The Hall–Kier alpha value is -4.34. The maximum atomic E-state index is 11.6. The van der Waals surface area contributed by atoms with Crippen LogP contribution in [0, 0.1) is 0 Å². The predicted octanol–water partition coefficient (Wildman–Crippen LogP) is 2.60. The number of rotatable bonds is 8. The number of fused-ring (bicyclic) bond motifs is 1. The molecule has 31 heavy (non-hydrogen) atoms. The van der Waals surface area contributed by atoms with Crippen LogP contribution in [0.15, 0.2) is 55.4 Å². The number of carbonyl (C=O) groups is 1. The third-order valence-corrected chi connectivity index (χ3v) is 4.64. The normalized spacial score (nSPS) is 10.6. The summed E-state index contributed by atoms with van der Waals surface area (Å²) in [6.45, 7) is 0.467. The second-order valence-electron chi connectivity index (χ2n) is 6.64. The van der Waals surface area contributed by atoms with Crippen LogP contribution in [0.5, 0.6) is 11.5 Å². The van der Waals surface area contributed by atoms with E-state index in [4.69, 9.17) is 15.2 Å². The van der Waals surface area contributed by atoms with E-state index in [9.17, 15) is 4.79 Å². The Balaban J connectivity index is 1.55. The van der Waals surface area contributed by atoms with Gasteiger partial charge in [-0.05, 0) is 11.6 Å². The fraction of sp³-hybridized carbons (Fsp3) is 0.143. The molecule has 0 unspecified atom stereocenters. The number of amides is 1. The van der Waals surface area contributed by atoms with E-state index in [1.54, 1.807) is 49.6 Å². The van der Waals surface area contributed by atoms with Crippen molar-refractivity contribution >= 4 is 28.7 Å². The number of ether oxygens (including phenoxy) is 2. The van der Waals surface area contributed by atoms with Gasteiger partial charge >= 0.3 is 0 Å². The lowest BCUT2D eigenvalue weighted by Crippen LogP contribution is -2.13. The van der Waals surface area contributed by atoms with Crippen LogP contribution in [0.1, 0.15) is 15.9 Å². The van der Waals surface area contributed by atoms with Crippen molar-refractivity contribution in [3.8, 4) is 11.5 Å². The van der Waals surface area contributed by atoms with Gasteiger partial charge in [-0.2, -0.15) is 0 Å². The average Bonchev–Trinajstić information content (AvgIpc) is 3.21. The number of primary amides is 1. The van der Waals surface area contributed by atoms with Crippen LogP contribution in [0.25, 0.3) is 5.65 Å². The number of nitrogens with two attached hydrogens (primary N) is 1. The summed E-state index contributed by atoms with van der Waals surface area (Å²) in [7, 11) is 3.21. The van der Waals surface area contributed by atoms with Crippen LogP contribution in [0.3, 0.4) is 0 Å². The summed E-state index contributed by atoms with van der Waals surface area (Å²) in [5.41, 5.74) is 8.68. The molecule has 0 aliphatic rings. The van der Waals surface area contributed by atoms with Gasteiger partial charge in [-0.1, -0.05) is 0 Å². The fourth-order valence-electron chi connectivity index (χ4n) is 3.09. The quantitative estimate of drug-likeness (QED) is 0.397. The summed E-state index contributed by atoms with van der Waals surface area (Å²) in [5.74, 6) is 1.36. The first-order valence-electron chi connectivity index (χ1n) is 9.36. The van der Waals surface area contributed by atoms with E-state index in [0.717, 1.165) is 16.9 Å². The molecule has 0 saturated heterocycles. The molecule has 0 radical (unpaired) electrons. The first-order valence-corrected chi connectivity index (χ1v) is 9.36. The topological polar surface area (TPSA) is 129 Å². The smallest absolute Gasteiger partial charge is 0.254 e. The van der Waals surface area contributed by atoms with E-state index in [1.165, 1.54) is 6.20 Å². The summed E-state index contributed by atoms with van der Waals surface area (Å²) in [4.78, 5) is 24.3. The zero-order valence-corrected chi connectivity index (χ0v) is 17.0. The lowest BCUT2D eigenvalue weighted by molar-refractivity contribution is 0.100. The highest BCUT2D eigenvalue weighted by Crippen LogP contribution is 2.29. The number of benzene rings is 1. The second kappa shape index (κ2) is 8.57. The Bertz CT molecular complexity index is 1220. The van der Waals surface area contributed by atoms with Crippen LogP contribution >= 0.6 is 0 Å². The molecule has 0 fully saturated rings. The van der Waals surface area contributed by atoms with E-state index < -0.39 is 5.91 Å². The molecule has 0 bridgehead atoms. The SMILES string of the molecule is COc1cc(Nc2cnccc2CNc2cn3cncc(C(N)=O)c3n2)cc(OC)c1. The predicted molar refractivity (Wildman–Crippen MR) is 116 cm³/mol. The number of hydrogen-bond donors (Lipinski definition) is 3. The largest absolute Gasteiger partial charge is 0.497 e. The minimum Gasteiger partial charge on any atom is -0.497 e. The zero-order valence-electron chi connectivity index (χ0n) is 17.0. The highest BCUT2D eigenvalue weighted by molar-refractivity contribution is 5.98. The van der Waals surface area contributed by atoms with Crippen LogP contribution < -0.4 is 25.8 Å². The molecular weight excluding hydrogens is 398 g/mol. The molecule has 0 atom stereocenters. The summed E-state index contributed by atoms with van der Waals surface area (Å²) in [6, 6.07) is 7.44. The number of imidazole rings is 1. The second-order valence-corrected chi connectivity index (χ2v) is 6.64. The molecule has 1 aromatic carbocycles. The Morgan fingerprint density at radius 1 is 1.13 bits per heavy atom. The Labute approximate surface area is 178 Å². The van der Waals surface area contributed by atoms with Crippen molar-refractivity contribution in [3.05, 3.63) is 66.5 Å². The van der Waals surface area contributed by atoms with Gasteiger partial charge in [0.2, 0.25) is 0 Å². The van der Waals surface area contributed by atoms with Gasteiger partial charge < -0.3 is 25.8 Å². The maximum absolute atomic E-state index is 11.6. The van der Waals surface area contributed by atoms with Crippen LogP contribution in [0.2, 0.25) is 0 Å². The first kappa shape index (κ1) is 20.0. The third-order valence-electron chi connectivity index (χ3n) is 4.64. The van der Waals surface area contributed by atoms with Crippen molar-refractivity contribution in [2.45, 2.75) is 6.54 Å². The molecule has 0 aliphatic heterocycles. The lowest BCUT2D eigenvalue weighted by Gasteiger charge is -2.14. The molecule has 0 saturated carbocycles. The van der Waals surface area contributed by atoms with E-state index >= 15 is 0 Å².